The summed E-state index contributed by atoms with van der Waals surface area (Å²) in [5, 5.41) is 10.6. The van der Waals surface area contributed by atoms with E-state index in [-0.39, 0.29) is 25.7 Å². The number of phosphoric acid groups is 2. The van der Waals surface area contributed by atoms with Crippen molar-refractivity contribution in [1.29, 1.82) is 0 Å². The lowest BCUT2D eigenvalue weighted by molar-refractivity contribution is -0.161. The molecule has 0 spiro atoms. The molecule has 17 nitrogen and oxygen atoms in total. The zero-order valence-electron chi connectivity index (χ0n) is 56.6. The summed E-state index contributed by atoms with van der Waals surface area (Å²) in [4.78, 5) is 72.4. The van der Waals surface area contributed by atoms with Crippen LogP contribution in [0, 0.1) is 23.7 Å². The van der Waals surface area contributed by atoms with E-state index in [9.17, 15) is 43.2 Å². The van der Waals surface area contributed by atoms with Gasteiger partial charge in [-0.15, -0.1) is 0 Å². The van der Waals surface area contributed by atoms with E-state index in [0.29, 0.717) is 25.7 Å². The minimum Gasteiger partial charge on any atom is -0.462 e. The summed E-state index contributed by atoms with van der Waals surface area (Å²) in [5.41, 5.74) is 0. The van der Waals surface area contributed by atoms with E-state index >= 15 is 0 Å². The number of hydrogen-bond donors (Lipinski definition) is 3. The maximum atomic E-state index is 13.0. The molecule has 0 aromatic rings. The van der Waals surface area contributed by atoms with E-state index in [1.165, 1.54) is 135 Å². The fraction of sp³-hybridized carbons (Fsp3) is 0.941. The summed E-state index contributed by atoms with van der Waals surface area (Å²) in [5.74, 6) is 0.807. The van der Waals surface area contributed by atoms with Gasteiger partial charge in [-0.3, -0.25) is 37.3 Å². The van der Waals surface area contributed by atoms with Crippen LogP contribution in [0.1, 0.15) is 331 Å². The molecule has 516 valence electrons. The molecule has 0 rings (SSSR count). The predicted octanol–water partition coefficient (Wildman–Crippen LogP) is 18.9. The molecule has 0 aliphatic carbocycles. The SMILES string of the molecule is CC(C)CCCCCCCCCCCCC(=O)O[C@H](COC(=O)CCCCCCCCCCC(C)C)COP(=O)(O)OCC(O)COP(=O)(O)OC[C@@H](COC(=O)CCCCCCCCCCCC(C)C)OC(=O)CCCCCCCCCCC(C)C. The first-order chi connectivity index (χ1) is 41.6. The number of ether oxygens (including phenoxy) is 4. The average molecular weight is 1280 g/mol. The van der Waals surface area contributed by atoms with E-state index in [1.54, 1.807) is 0 Å². The van der Waals surface area contributed by atoms with Gasteiger partial charge >= 0.3 is 39.5 Å². The van der Waals surface area contributed by atoms with Crippen LogP contribution in [-0.2, 0) is 65.4 Å². The number of carbonyl (C=O) groups is 4. The van der Waals surface area contributed by atoms with Gasteiger partial charge in [-0.25, -0.2) is 9.13 Å². The Balaban J connectivity index is 5.26. The number of aliphatic hydroxyl groups is 1. The first kappa shape index (κ1) is 85.1. The zero-order valence-corrected chi connectivity index (χ0v) is 58.4. The average Bonchev–Trinajstić information content (AvgIpc) is 3.66. The van der Waals surface area contributed by atoms with Crippen LogP contribution in [-0.4, -0.2) is 96.7 Å². The second-order valence-corrected chi connectivity index (χ2v) is 29.4. The smallest absolute Gasteiger partial charge is 0.462 e. The van der Waals surface area contributed by atoms with E-state index in [0.717, 1.165) is 114 Å². The largest absolute Gasteiger partial charge is 0.472 e. The van der Waals surface area contributed by atoms with Crippen LogP contribution in [0.25, 0.3) is 0 Å². The highest BCUT2D eigenvalue weighted by molar-refractivity contribution is 7.47. The van der Waals surface area contributed by atoms with Gasteiger partial charge in [-0.2, -0.15) is 0 Å². The van der Waals surface area contributed by atoms with Crippen molar-refractivity contribution in [1.82, 2.24) is 0 Å². The summed E-state index contributed by atoms with van der Waals surface area (Å²) in [6, 6.07) is 0. The number of carbonyl (C=O) groups excluding carboxylic acids is 4. The Morgan fingerprint density at radius 2 is 0.483 bits per heavy atom. The molecule has 3 unspecified atom stereocenters. The van der Waals surface area contributed by atoms with Crippen LogP contribution in [0.2, 0.25) is 0 Å². The molecule has 0 radical (unpaired) electrons. The van der Waals surface area contributed by atoms with Crippen molar-refractivity contribution >= 4 is 39.5 Å². The molecular formula is C68H132O17P2. The first-order valence-corrected chi connectivity index (χ1v) is 38.2. The van der Waals surface area contributed by atoms with E-state index in [1.807, 2.05) is 0 Å². The van der Waals surface area contributed by atoms with Gasteiger partial charge in [0.1, 0.15) is 19.3 Å². The van der Waals surface area contributed by atoms with E-state index in [2.05, 4.69) is 55.4 Å². The summed E-state index contributed by atoms with van der Waals surface area (Å²) in [6.07, 6.45) is 39.0. The standard InChI is InChI=1S/C68H132O17P2/c1-58(2)44-36-28-20-12-9-10-14-26-34-42-50-67(72)84-63(55-79-66(71)49-41-33-25-18-16-22-30-38-46-60(5)6)56-82-86(74,75)80-52-62(69)53-81-87(76,77)83-57-64(85-68(73)51-43-35-27-19-17-23-31-39-47-61(7)8)54-78-65(70)48-40-32-24-15-11-13-21-29-37-45-59(3)4/h58-64,69H,9-57H2,1-8H3,(H,74,75)(H,76,77)/t62?,63-,64-/m1/s1. The van der Waals surface area contributed by atoms with Gasteiger partial charge < -0.3 is 33.8 Å². The van der Waals surface area contributed by atoms with Gasteiger partial charge in [0.15, 0.2) is 12.2 Å². The third-order valence-corrected chi connectivity index (χ3v) is 17.5. The Hall–Kier alpha value is -1.94. The number of esters is 4. The second-order valence-electron chi connectivity index (χ2n) is 26.5. The minimum atomic E-state index is -4.95. The van der Waals surface area contributed by atoms with Gasteiger partial charge in [0, 0.05) is 25.7 Å². The summed E-state index contributed by atoms with van der Waals surface area (Å²) >= 11 is 0. The van der Waals surface area contributed by atoms with Crippen molar-refractivity contribution in [3.63, 3.8) is 0 Å². The number of rotatable bonds is 65. The number of unbranched alkanes of at least 4 members (excludes halogenated alkanes) is 31. The fourth-order valence-corrected chi connectivity index (χ4v) is 11.7. The van der Waals surface area contributed by atoms with Gasteiger partial charge in [-0.05, 0) is 49.4 Å². The van der Waals surface area contributed by atoms with Crippen LogP contribution in [0.5, 0.6) is 0 Å². The Labute approximate surface area is 530 Å². The van der Waals surface area contributed by atoms with Gasteiger partial charge in [0.2, 0.25) is 0 Å². The fourth-order valence-electron chi connectivity index (χ4n) is 10.1. The first-order valence-electron chi connectivity index (χ1n) is 35.2. The van der Waals surface area contributed by atoms with Crippen LogP contribution in [0.3, 0.4) is 0 Å². The number of phosphoric ester groups is 2. The molecule has 0 amide bonds. The molecule has 0 bridgehead atoms. The topological polar surface area (TPSA) is 237 Å². The molecule has 0 aromatic heterocycles. The van der Waals surface area contributed by atoms with Crippen LogP contribution in [0.4, 0.5) is 0 Å². The highest BCUT2D eigenvalue weighted by Gasteiger charge is 2.30. The molecule has 0 aliphatic rings. The van der Waals surface area contributed by atoms with Crippen LogP contribution >= 0.6 is 15.6 Å². The molecule has 0 fully saturated rings. The number of aliphatic hydroxyl groups excluding tert-OH is 1. The molecule has 0 aromatic carbocycles. The van der Waals surface area contributed by atoms with Gasteiger partial charge in [0.05, 0.1) is 26.4 Å². The molecule has 5 atom stereocenters. The van der Waals surface area contributed by atoms with Crippen molar-refractivity contribution in [2.45, 2.75) is 350 Å². The zero-order chi connectivity index (χ0) is 64.7. The molecule has 0 aliphatic heterocycles. The quantitative estimate of drug-likeness (QED) is 0.0222. The van der Waals surface area contributed by atoms with Crippen LogP contribution < -0.4 is 0 Å². The second kappa shape index (κ2) is 57.9. The molecule has 87 heavy (non-hydrogen) atoms. The van der Waals surface area contributed by atoms with Crippen molar-refractivity contribution < 1.29 is 80.2 Å². The maximum absolute atomic E-state index is 13.0. The third kappa shape index (κ3) is 62.6. The lowest BCUT2D eigenvalue weighted by atomic mass is 10.0. The van der Waals surface area contributed by atoms with Crippen molar-refractivity contribution in [2.24, 2.45) is 23.7 Å². The van der Waals surface area contributed by atoms with Crippen LogP contribution in [0.15, 0.2) is 0 Å². The minimum absolute atomic E-state index is 0.103. The normalized spacial score (nSPS) is 14.3. The van der Waals surface area contributed by atoms with Crippen molar-refractivity contribution in [3.8, 4) is 0 Å². The third-order valence-electron chi connectivity index (χ3n) is 15.6. The molecule has 0 saturated heterocycles. The highest BCUT2D eigenvalue weighted by atomic mass is 31.2. The summed E-state index contributed by atoms with van der Waals surface area (Å²) < 4.78 is 68.2. The lowest BCUT2D eigenvalue weighted by Gasteiger charge is -2.21. The molecule has 0 saturated carbocycles. The van der Waals surface area contributed by atoms with Gasteiger partial charge in [-0.1, -0.05) is 280 Å². The summed E-state index contributed by atoms with van der Waals surface area (Å²) in [6.45, 7) is 14.0. The lowest BCUT2D eigenvalue weighted by Crippen LogP contribution is -2.30. The highest BCUT2D eigenvalue weighted by Crippen LogP contribution is 2.45. The van der Waals surface area contributed by atoms with Gasteiger partial charge in [0.25, 0.3) is 0 Å². The molecule has 0 heterocycles. The van der Waals surface area contributed by atoms with E-state index in [4.69, 9.17) is 37.0 Å². The predicted molar refractivity (Wildman–Crippen MR) is 349 cm³/mol. The Morgan fingerprint density at radius 1 is 0.287 bits per heavy atom. The Morgan fingerprint density at radius 3 is 0.713 bits per heavy atom. The van der Waals surface area contributed by atoms with Crippen molar-refractivity contribution in [2.75, 3.05) is 39.6 Å². The molecular weight excluding hydrogens is 1150 g/mol. The molecule has 3 N–H and O–H groups in total. The van der Waals surface area contributed by atoms with Crippen molar-refractivity contribution in [3.05, 3.63) is 0 Å². The maximum Gasteiger partial charge on any atom is 0.472 e. The number of hydrogen-bond acceptors (Lipinski definition) is 15. The Kier molecular flexibility index (Phi) is 56.6. The summed E-state index contributed by atoms with van der Waals surface area (Å²) in [7, 11) is -9.90. The monoisotopic (exact) mass is 1280 g/mol. The Bertz CT molecular complexity index is 1730. The van der Waals surface area contributed by atoms with E-state index < -0.39 is 97.5 Å². The molecule has 19 heteroatoms.